The summed E-state index contributed by atoms with van der Waals surface area (Å²) < 4.78 is 1.13. The Hall–Kier alpha value is -1.12. The van der Waals surface area contributed by atoms with Crippen molar-refractivity contribution < 1.29 is 0 Å². The predicted molar refractivity (Wildman–Crippen MR) is 90.0 cm³/mol. The van der Waals surface area contributed by atoms with E-state index in [2.05, 4.69) is 91.4 Å². The molecule has 0 bridgehead atoms. The third kappa shape index (κ3) is 3.94. The first kappa shape index (κ1) is 15.3. The number of rotatable bonds is 4. The summed E-state index contributed by atoms with van der Waals surface area (Å²) in [6.45, 7) is 8.74. The van der Waals surface area contributed by atoms with E-state index in [-0.39, 0.29) is 0 Å². The van der Waals surface area contributed by atoms with Gasteiger partial charge in [-0.15, -0.1) is 0 Å². The molecule has 0 saturated carbocycles. The number of aryl methyl sites for hydroxylation is 2. The standard InChI is InChI=1S/C18H22BrN/c1-12-8-13(2)10-17(9-12)15(4)20-14(3)16-6-5-7-18(19)11-16/h5-11,14-15,20H,1-4H3/t14-,15?/m1/s1. The lowest BCUT2D eigenvalue weighted by atomic mass is 10.0. The van der Waals surface area contributed by atoms with Gasteiger partial charge in [0.15, 0.2) is 0 Å². The van der Waals surface area contributed by atoms with E-state index in [1.807, 2.05) is 0 Å². The zero-order valence-electron chi connectivity index (χ0n) is 12.6. The van der Waals surface area contributed by atoms with E-state index >= 15 is 0 Å². The van der Waals surface area contributed by atoms with Crippen molar-refractivity contribution in [2.24, 2.45) is 0 Å². The SMILES string of the molecule is Cc1cc(C)cc(C(C)N[C@H](C)c2cccc(Br)c2)c1. The normalized spacial score (nSPS) is 14.1. The topological polar surface area (TPSA) is 12.0 Å². The molecular weight excluding hydrogens is 310 g/mol. The summed E-state index contributed by atoms with van der Waals surface area (Å²) in [6, 6.07) is 15.9. The van der Waals surface area contributed by atoms with Gasteiger partial charge >= 0.3 is 0 Å². The highest BCUT2D eigenvalue weighted by Crippen LogP contribution is 2.23. The van der Waals surface area contributed by atoms with E-state index in [4.69, 9.17) is 0 Å². The molecule has 0 saturated heterocycles. The minimum atomic E-state index is 0.323. The van der Waals surface area contributed by atoms with Crippen LogP contribution in [0.3, 0.4) is 0 Å². The van der Waals surface area contributed by atoms with Crippen LogP contribution in [-0.2, 0) is 0 Å². The Balaban J connectivity index is 2.12. The maximum Gasteiger partial charge on any atom is 0.0297 e. The molecule has 0 fully saturated rings. The Bertz CT molecular complexity index is 571. The molecule has 2 aromatic rings. The van der Waals surface area contributed by atoms with Crippen LogP contribution in [0.15, 0.2) is 46.9 Å². The molecule has 106 valence electrons. The molecule has 2 heteroatoms. The molecule has 0 aliphatic rings. The lowest BCUT2D eigenvalue weighted by molar-refractivity contribution is 0.494. The van der Waals surface area contributed by atoms with Gasteiger partial charge in [0.2, 0.25) is 0 Å². The van der Waals surface area contributed by atoms with Gasteiger partial charge in [-0.25, -0.2) is 0 Å². The van der Waals surface area contributed by atoms with E-state index < -0.39 is 0 Å². The lowest BCUT2D eigenvalue weighted by Gasteiger charge is -2.21. The Morgan fingerprint density at radius 1 is 0.850 bits per heavy atom. The van der Waals surface area contributed by atoms with Crippen molar-refractivity contribution in [1.29, 1.82) is 0 Å². The third-order valence-corrected chi connectivity index (χ3v) is 4.09. The zero-order chi connectivity index (χ0) is 14.7. The largest absolute Gasteiger partial charge is 0.304 e. The van der Waals surface area contributed by atoms with E-state index in [1.165, 1.54) is 22.3 Å². The minimum absolute atomic E-state index is 0.323. The Kier molecular flexibility index (Phi) is 5.00. The zero-order valence-corrected chi connectivity index (χ0v) is 14.2. The number of nitrogens with one attached hydrogen (secondary N) is 1. The first-order chi connectivity index (χ1) is 9.45. The van der Waals surface area contributed by atoms with Gasteiger partial charge in [0, 0.05) is 16.6 Å². The Morgan fingerprint density at radius 3 is 2.05 bits per heavy atom. The van der Waals surface area contributed by atoms with E-state index in [1.54, 1.807) is 0 Å². The fourth-order valence-electron chi connectivity index (χ4n) is 2.60. The molecule has 1 nitrogen and oxygen atoms in total. The van der Waals surface area contributed by atoms with Crippen LogP contribution in [-0.4, -0.2) is 0 Å². The van der Waals surface area contributed by atoms with Crippen LogP contribution in [0.25, 0.3) is 0 Å². The van der Waals surface area contributed by atoms with Crippen molar-refractivity contribution in [3.63, 3.8) is 0 Å². The highest BCUT2D eigenvalue weighted by molar-refractivity contribution is 9.10. The smallest absolute Gasteiger partial charge is 0.0297 e. The molecule has 2 atom stereocenters. The van der Waals surface area contributed by atoms with E-state index in [0.717, 1.165) is 4.47 Å². The second-order valence-corrected chi connectivity index (χ2v) is 6.50. The van der Waals surface area contributed by atoms with Crippen molar-refractivity contribution in [3.05, 3.63) is 69.2 Å². The summed E-state index contributed by atoms with van der Waals surface area (Å²) in [5.41, 5.74) is 5.30. The first-order valence-electron chi connectivity index (χ1n) is 7.05. The molecular formula is C18H22BrN. The second kappa shape index (κ2) is 6.55. The molecule has 0 aliphatic carbocycles. The molecule has 2 aromatic carbocycles. The average molecular weight is 332 g/mol. The molecule has 0 aliphatic heterocycles. The maximum absolute atomic E-state index is 3.67. The van der Waals surface area contributed by atoms with Crippen molar-refractivity contribution in [2.45, 2.75) is 39.8 Å². The number of benzene rings is 2. The monoisotopic (exact) mass is 331 g/mol. The van der Waals surface area contributed by atoms with Gasteiger partial charge in [-0.3, -0.25) is 0 Å². The maximum atomic E-state index is 3.67. The van der Waals surface area contributed by atoms with Gasteiger partial charge in [-0.1, -0.05) is 57.4 Å². The Labute approximate surface area is 130 Å². The van der Waals surface area contributed by atoms with Crippen LogP contribution in [0.4, 0.5) is 0 Å². The van der Waals surface area contributed by atoms with Crippen LogP contribution in [0, 0.1) is 13.8 Å². The van der Waals surface area contributed by atoms with Crippen LogP contribution < -0.4 is 5.32 Å². The molecule has 2 rings (SSSR count). The number of hydrogen-bond donors (Lipinski definition) is 1. The van der Waals surface area contributed by atoms with Crippen LogP contribution in [0.5, 0.6) is 0 Å². The summed E-state index contributed by atoms with van der Waals surface area (Å²) >= 11 is 3.53. The molecule has 0 amide bonds. The fourth-order valence-corrected chi connectivity index (χ4v) is 3.02. The van der Waals surface area contributed by atoms with Crippen LogP contribution >= 0.6 is 15.9 Å². The summed E-state index contributed by atoms with van der Waals surface area (Å²) in [6.07, 6.45) is 0. The van der Waals surface area contributed by atoms with Crippen LogP contribution in [0.2, 0.25) is 0 Å². The fraction of sp³-hybridized carbons (Fsp3) is 0.333. The quantitative estimate of drug-likeness (QED) is 0.782. The Morgan fingerprint density at radius 2 is 1.45 bits per heavy atom. The van der Waals surface area contributed by atoms with E-state index in [0.29, 0.717) is 12.1 Å². The predicted octanol–water partition coefficient (Wildman–Crippen LogP) is 5.48. The van der Waals surface area contributed by atoms with Crippen molar-refractivity contribution >= 4 is 15.9 Å². The van der Waals surface area contributed by atoms with Gasteiger partial charge in [0.05, 0.1) is 0 Å². The third-order valence-electron chi connectivity index (χ3n) is 3.59. The molecule has 0 radical (unpaired) electrons. The van der Waals surface area contributed by atoms with Crippen molar-refractivity contribution in [2.75, 3.05) is 0 Å². The summed E-state index contributed by atoms with van der Waals surface area (Å²) in [5, 5.41) is 3.67. The molecule has 1 unspecified atom stereocenters. The summed E-state index contributed by atoms with van der Waals surface area (Å²) in [4.78, 5) is 0. The highest BCUT2D eigenvalue weighted by Gasteiger charge is 2.12. The second-order valence-electron chi connectivity index (χ2n) is 5.59. The molecule has 1 N–H and O–H groups in total. The number of hydrogen-bond acceptors (Lipinski definition) is 1. The van der Waals surface area contributed by atoms with Gasteiger partial charge < -0.3 is 5.32 Å². The summed E-state index contributed by atoms with van der Waals surface area (Å²) in [7, 11) is 0. The van der Waals surface area contributed by atoms with Crippen molar-refractivity contribution in [3.8, 4) is 0 Å². The molecule has 0 spiro atoms. The molecule has 0 heterocycles. The number of halogens is 1. The molecule has 20 heavy (non-hydrogen) atoms. The average Bonchev–Trinajstić information content (AvgIpc) is 2.37. The van der Waals surface area contributed by atoms with Gasteiger partial charge in [-0.2, -0.15) is 0 Å². The molecule has 0 aromatic heterocycles. The van der Waals surface area contributed by atoms with E-state index in [9.17, 15) is 0 Å². The van der Waals surface area contributed by atoms with Crippen molar-refractivity contribution in [1.82, 2.24) is 5.32 Å². The summed E-state index contributed by atoms with van der Waals surface area (Å²) in [5.74, 6) is 0. The highest BCUT2D eigenvalue weighted by atomic mass is 79.9. The lowest BCUT2D eigenvalue weighted by Crippen LogP contribution is -2.22. The first-order valence-corrected chi connectivity index (χ1v) is 7.84. The van der Waals surface area contributed by atoms with Gasteiger partial charge in [0.25, 0.3) is 0 Å². The van der Waals surface area contributed by atoms with Gasteiger partial charge in [-0.05, 0) is 51.0 Å². The van der Waals surface area contributed by atoms with Crippen LogP contribution in [0.1, 0.15) is 48.2 Å². The minimum Gasteiger partial charge on any atom is -0.304 e. The van der Waals surface area contributed by atoms with Gasteiger partial charge in [0.1, 0.15) is 0 Å².